The molecular formula is C10H9F2NO2. The van der Waals surface area contributed by atoms with Gasteiger partial charge >= 0.3 is 5.92 Å². The van der Waals surface area contributed by atoms with Crippen LogP contribution < -0.4 is 4.74 Å². The number of nitrogens with zero attached hydrogens (tertiary/aromatic N) is 1. The van der Waals surface area contributed by atoms with Gasteiger partial charge in [0.1, 0.15) is 11.8 Å². The van der Waals surface area contributed by atoms with Crippen molar-refractivity contribution in [2.45, 2.75) is 12.0 Å². The monoisotopic (exact) mass is 213 g/mol. The molecule has 1 rings (SSSR count). The van der Waals surface area contributed by atoms with E-state index in [1.54, 1.807) is 0 Å². The molecule has 80 valence electrons. The average Bonchev–Trinajstić information content (AvgIpc) is 2.28. The zero-order valence-electron chi connectivity index (χ0n) is 7.95. The summed E-state index contributed by atoms with van der Waals surface area (Å²) in [6.45, 7) is 0. The molecule has 3 nitrogen and oxygen atoms in total. The van der Waals surface area contributed by atoms with Crippen LogP contribution in [0.2, 0.25) is 0 Å². The molecule has 1 N–H and O–H groups in total. The fourth-order valence-electron chi connectivity index (χ4n) is 1.05. The maximum absolute atomic E-state index is 13.3. The summed E-state index contributed by atoms with van der Waals surface area (Å²) < 4.78 is 31.3. The van der Waals surface area contributed by atoms with E-state index in [1.807, 2.05) is 0 Å². The third-order valence-corrected chi connectivity index (χ3v) is 1.94. The Balaban J connectivity index is 3.01. The van der Waals surface area contributed by atoms with E-state index < -0.39 is 17.6 Å². The molecule has 1 atom stereocenters. The van der Waals surface area contributed by atoms with Gasteiger partial charge in [-0.3, -0.25) is 0 Å². The summed E-state index contributed by atoms with van der Waals surface area (Å²) in [7, 11) is 1.41. The molecule has 0 fully saturated rings. The number of alkyl halides is 2. The molecule has 0 spiro atoms. The van der Waals surface area contributed by atoms with Crippen molar-refractivity contribution in [3.63, 3.8) is 0 Å². The van der Waals surface area contributed by atoms with Crippen molar-refractivity contribution in [3.8, 4) is 11.8 Å². The first-order chi connectivity index (χ1) is 7.02. The first kappa shape index (κ1) is 11.4. The van der Waals surface area contributed by atoms with Gasteiger partial charge in [0.25, 0.3) is 0 Å². The fraction of sp³-hybridized carbons (Fsp3) is 0.300. The standard InChI is InChI=1S/C10H9F2NO2/c1-15-8-4-2-7(3-5-8)10(11,12)9(14)6-13/h2-5,9,14H,1H3. The lowest BCUT2D eigenvalue weighted by molar-refractivity contribution is -0.0893. The van der Waals surface area contributed by atoms with Gasteiger partial charge in [-0.1, -0.05) is 0 Å². The molecule has 0 aromatic heterocycles. The number of nitriles is 1. The molecule has 1 aromatic carbocycles. The summed E-state index contributed by atoms with van der Waals surface area (Å²) in [4.78, 5) is 0. The predicted octanol–water partition coefficient (Wildman–Crippen LogP) is 1.67. The van der Waals surface area contributed by atoms with E-state index in [4.69, 9.17) is 15.1 Å². The van der Waals surface area contributed by atoms with Crippen LogP contribution in [0.1, 0.15) is 5.56 Å². The summed E-state index contributed by atoms with van der Waals surface area (Å²) in [6, 6.07) is 6.01. The summed E-state index contributed by atoms with van der Waals surface area (Å²) in [5.41, 5.74) is -0.419. The highest BCUT2D eigenvalue weighted by atomic mass is 19.3. The van der Waals surface area contributed by atoms with Gasteiger partial charge in [-0.25, -0.2) is 0 Å². The van der Waals surface area contributed by atoms with Crippen LogP contribution in [0.15, 0.2) is 24.3 Å². The van der Waals surface area contributed by atoms with Crippen LogP contribution in [0.5, 0.6) is 5.75 Å². The van der Waals surface area contributed by atoms with Gasteiger partial charge in [0, 0.05) is 5.56 Å². The molecule has 0 amide bonds. The lowest BCUT2D eigenvalue weighted by atomic mass is 10.0. The smallest absolute Gasteiger partial charge is 0.311 e. The quantitative estimate of drug-likeness (QED) is 0.777. The lowest BCUT2D eigenvalue weighted by Crippen LogP contribution is -2.29. The number of hydrogen-bond acceptors (Lipinski definition) is 3. The maximum Gasteiger partial charge on any atom is 0.311 e. The van der Waals surface area contributed by atoms with Gasteiger partial charge < -0.3 is 9.84 Å². The van der Waals surface area contributed by atoms with Gasteiger partial charge in [0.05, 0.1) is 7.11 Å². The van der Waals surface area contributed by atoms with Crippen molar-refractivity contribution < 1.29 is 18.6 Å². The number of benzene rings is 1. The Bertz CT molecular complexity index is 370. The van der Waals surface area contributed by atoms with Crippen molar-refractivity contribution in [1.82, 2.24) is 0 Å². The summed E-state index contributed by atoms with van der Waals surface area (Å²) in [5, 5.41) is 17.1. The minimum atomic E-state index is -3.57. The van der Waals surface area contributed by atoms with Gasteiger partial charge in [-0.05, 0) is 24.3 Å². The van der Waals surface area contributed by atoms with Gasteiger partial charge in [-0.2, -0.15) is 14.0 Å². The molecule has 1 unspecified atom stereocenters. The van der Waals surface area contributed by atoms with Crippen molar-refractivity contribution in [1.29, 1.82) is 5.26 Å². The summed E-state index contributed by atoms with van der Waals surface area (Å²) >= 11 is 0. The topological polar surface area (TPSA) is 53.2 Å². The van der Waals surface area contributed by atoms with Crippen LogP contribution >= 0.6 is 0 Å². The zero-order chi connectivity index (χ0) is 11.5. The van der Waals surface area contributed by atoms with E-state index in [1.165, 1.54) is 19.2 Å². The Morgan fingerprint density at radius 2 is 1.93 bits per heavy atom. The number of hydrogen-bond donors (Lipinski definition) is 1. The van der Waals surface area contributed by atoms with Crippen LogP contribution in [0.3, 0.4) is 0 Å². The molecule has 0 aliphatic heterocycles. The minimum Gasteiger partial charge on any atom is -0.497 e. The van der Waals surface area contributed by atoms with E-state index in [0.717, 1.165) is 18.2 Å². The molecule has 1 aromatic rings. The van der Waals surface area contributed by atoms with Gasteiger partial charge in [-0.15, -0.1) is 0 Å². The number of halogens is 2. The zero-order valence-corrected chi connectivity index (χ0v) is 7.95. The SMILES string of the molecule is COc1ccc(C(F)(F)C(O)C#N)cc1. The largest absolute Gasteiger partial charge is 0.497 e. The molecule has 0 saturated carbocycles. The van der Waals surface area contributed by atoms with E-state index >= 15 is 0 Å². The van der Waals surface area contributed by atoms with E-state index in [-0.39, 0.29) is 0 Å². The average molecular weight is 213 g/mol. The summed E-state index contributed by atoms with van der Waals surface area (Å²) in [5.74, 6) is -3.14. The highest BCUT2D eigenvalue weighted by Crippen LogP contribution is 2.32. The van der Waals surface area contributed by atoms with Gasteiger partial charge in [0.2, 0.25) is 6.10 Å². The molecule has 0 radical (unpaired) electrons. The third kappa shape index (κ3) is 2.22. The Kier molecular flexibility index (Phi) is 3.22. The Morgan fingerprint density at radius 3 is 2.33 bits per heavy atom. The highest BCUT2D eigenvalue weighted by molar-refractivity contribution is 5.31. The number of methoxy groups -OCH3 is 1. The normalized spacial score (nSPS) is 13.0. The molecule has 0 aliphatic carbocycles. The van der Waals surface area contributed by atoms with E-state index in [0.29, 0.717) is 5.75 Å². The molecular weight excluding hydrogens is 204 g/mol. The summed E-state index contributed by atoms with van der Waals surface area (Å²) in [6.07, 6.45) is -2.34. The first-order valence-electron chi connectivity index (χ1n) is 4.12. The van der Waals surface area contributed by atoms with Crippen LogP contribution in [0, 0.1) is 11.3 Å². The third-order valence-electron chi connectivity index (χ3n) is 1.94. The molecule has 0 aliphatic rings. The maximum atomic E-state index is 13.3. The van der Waals surface area contributed by atoms with Crippen LogP contribution in [0.4, 0.5) is 8.78 Å². The number of aliphatic hydroxyl groups excluding tert-OH is 1. The molecule has 0 heterocycles. The molecule has 0 bridgehead atoms. The van der Waals surface area contributed by atoms with Crippen molar-refractivity contribution in [2.24, 2.45) is 0 Å². The minimum absolute atomic E-state index is 0.419. The molecule has 5 heteroatoms. The second kappa shape index (κ2) is 4.24. The van der Waals surface area contributed by atoms with Crippen molar-refractivity contribution in [2.75, 3.05) is 7.11 Å². The predicted molar refractivity (Wildman–Crippen MR) is 48.5 cm³/mol. The van der Waals surface area contributed by atoms with E-state index in [2.05, 4.69) is 0 Å². The molecule has 15 heavy (non-hydrogen) atoms. The van der Waals surface area contributed by atoms with Gasteiger partial charge in [0.15, 0.2) is 0 Å². The molecule has 0 saturated heterocycles. The Labute approximate surface area is 85.5 Å². The van der Waals surface area contributed by atoms with Crippen LogP contribution in [-0.4, -0.2) is 18.3 Å². The number of rotatable bonds is 3. The van der Waals surface area contributed by atoms with Crippen LogP contribution in [0.25, 0.3) is 0 Å². The Morgan fingerprint density at radius 1 is 1.40 bits per heavy atom. The second-order valence-corrected chi connectivity index (χ2v) is 2.88. The van der Waals surface area contributed by atoms with Crippen molar-refractivity contribution >= 4 is 0 Å². The first-order valence-corrected chi connectivity index (χ1v) is 4.12. The van der Waals surface area contributed by atoms with E-state index in [9.17, 15) is 8.78 Å². The number of aliphatic hydroxyl groups is 1. The fourth-order valence-corrected chi connectivity index (χ4v) is 1.05. The lowest BCUT2D eigenvalue weighted by Gasteiger charge is -2.17. The highest BCUT2D eigenvalue weighted by Gasteiger charge is 2.40. The van der Waals surface area contributed by atoms with Crippen molar-refractivity contribution in [3.05, 3.63) is 29.8 Å². The second-order valence-electron chi connectivity index (χ2n) is 2.88. The van der Waals surface area contributed by atoms with Crippen LogP contribution in [-0.2, 0) is 5.92 Å². The number of ether oxygens (including phenoxy) is 1. The Hall–Kier alpha value is -1.67.